The molecule has 0 saturated heterocycles. The van der Waals surface area contributed by atoms with E-state index < -0.39 is 35.7 Å². The summed E-state index contributed by atoms with van der Waals surface area (Å²) >= 11 is 0. The van der Waals surface area contributed by atoms with Gasteiger partial charge in [-0.2, -0.15) is 0 Å². The Morgan fingerprint density at radius 2 is 1.67 bits per heavy atom. The van der Waals surface area contributed by atoms with Gasteiger partial charge in [-0.15, -0.1) is 0 Å². The summed E-state index contributed by atoms with van der Waals surface area (Å²) < 4.78 is 15.6. The van der Waals surface area contributed by atoms with Crippen LogP contribution in [0.1, 0.15) is 47.1 Å². The van der Waals surface area contributed by atoms with Crippen molar-refractivity contribution in [2.45, 2.75) is 65.8 Å². The van der Waals surface area contributed by atoms with Crippen molar-refractivity contribution in [1.82, 2.24) is 10.2 Å². The summed E-state index contributed by atoms with van der Waals surface area (Å²) in [5, 5.41) is 2.65. The number of carbonyl (C=O) groups excluding carboxylic acids is 3. The van der Waals surface area contributed by atoms with Gasteiger partial charge in [0.25, 0.3) is 0 Å². The molecule has 0 aromatic heterocycles. The van der Waals surface area contributed by atoms with Crippen LogP contribution < -0.4 is 5.32 Å². The molecule has 8 heteroatoms. The maximum absolute atomic E-state index is 12.7. The lowest BCUT2D eigenvalue weighted by Crippen LogP contribution is -2.50. The number of nitrogens with zero attached hydrogens (tertiary/aromatic N) is 1. The van der Waals surface area contributed by atoms with Crippen LogP contribution in [0, 0.1) is 5.92 Å². The number of nitrogens with one attached hydrogen (secondary N) is 1. The Morgan fingerprint density at radius 3 is 2.17 bits per heavy atom. The first-order valence-corrected chi connectivity index (χ1v) is 9.99. The number of methoxy groups -OCH3 is 1. The molecule has 0 unspecified atom stereocenters. The number of rotatable bonds is 8. The summed E-state index contributed by atoms with van der Waals surface area (Å²) in [6, 6.07) is 8.46. The number of esters is 1. The number of ether oxygens (including phenoxy) is 3. The molecule has 0 heterocycles. The standard InChI is InChI=1S/C22H34N2O6/c1-15(2)24(21(27)29-14-17-11-9-8-10-12-17)13-18(19(25)28-7)16(3)23-20(26)30-22(4,5)6/h8-12,15-16,18H,13-14H2,1-7H3,(H,23,26)/t16-,18-/m1/s1. The number of alkyl carbamates (subject to hydrolysis) is 1. The molecule has 0 radical (unpaired) electrons. The van der Waals surface area contributed by atoms with Gasteiger partial charge in [0.2, 0.25) is 0 Å². The van der Waals surface area contributed by atoms with Crippen LogP contribution in [0.25, 0.3) is 0 Å². The highest BCUT2D eigenvalue weighted by Gasteiger charge is 2.33. The molecule has 0 saturated carbocycles. The van der Waals surface area contributed by atoms with E-state index in [0.29, 0.717) is 0 Å². The molecule has 0 fully saturated rings. The van der Waals surface area contributed by atoms with Crippen molar-refractivity contribution in [3.8, 4) is 0 Å². The molecule has 168 valence electrons. The number of hydrogen-bond acceptors (Lipinski definition) is 6. The summed E-state index contributed by atoms with van der Waals surface area (Å²) in [5.74, 6) is -1.34. The second-order valence-corrected chi connectivity index (χ2v) is 8.35. The van der Waals surface area contributed by atoms with Gasteiger partial charge in [-0.05, 0) is 47.1 Å². The topological polar surface area (TPSA) is 94.2 Å². The number of benzene rings is 1. The van der Waals surface area contributed by atoms with Gasteiger partial charge in [0.15, 0.2) is 0 Å². The molecular formula is C22H34N2O6. The van der Waals surface area contributed by atoms with Gasteiger partial charge in [0.1, 0.15) is 12.2 Å². The molecule has 0 bridgehead atoms. The zero-order valence-electron chi connectivity index (χ0n) is 18.9. The van der Waals surface area contributed by atoms with E-state index in [1.54, 1.807) is 27.7 Å². The van der Waals surface area contributed by atoms with Crippen molar-refractivity contribution in [2.75, 3.05) is 13.7 Å². The van der Waals surface area contributed by atoms with Gasteiger partial charge >= 0.3 is 18.2 Å². The third-order valence-electron chi connectivity index (χ3n) is 4.31. The van der Waals surface area contributed by atoms with E-state index in [1.807, 2.05) is 44.2 Å². The zero-order chi connectivity index (χ0) is 22.9. The van der Waals surface area contributed by atoms with Gasteiger partial charge in [0.05, 0.1) is 13.0 Å². The Morgan fingerprint density at radius 1 is 1.07 bits per heavy atom. The second-order valence-electron chi connectivity index (χ2n) is 8.35. The number of amides is 2. The zero-order valence-corrected chi connectivity index (χ0v) is 18.9. The fraction of sp³-hybridized carbons (Fsp3) is 0.591. The van der Waals surface area contributed by atoms with E-state index in [2.05, 4.69) is 5.32 Å². The van der Waals surface area contributed by atoms with Crippen LogP contribution in [-0.2, 0) is 25.6 Å². The summed E-state index contributed by atoms with van der Waals surface area (Å²) in [6.45, 7) is 10.7. The fourth-order valence-electron chi connectivity index (χ4n) is 2.69. The molecule has 8 nitrogen and oxygen atoms in total. The van der Waals surface area contributed by atoms with Crippen LogP contribution >= 0.6 is 0 Å². The molecule has 1 aromatic carbocycles. The Labute approximate surface area is 178 Å². The van der Waals surface area contributed by atoms with E-state index in [1.165, 1.54) is 12.0 Å². The largest absolute Gasteiger partial charge is 0.469 e. The summed E-state index contributed by atoms with van der Waals surface area (Å²) in [7, 11) is 1.27. The van der Waals surface area contributed by atoms with Crippen LogP contribution in [0.3, 0.4) is 0 Å². The second kappa shape index (κ2) is 11.4. The normalized spacial score (nSPS) is 13.2. The molecule has 1 rings (SSSR count). The molecule has 0 aliphatic carbocycles. The van der Waals surface area contributed by atoms with E-state index >= 15 is 0 Å². The monoisotopic (exact) mass is 422 g/mol. The van der Waals surface area contributed by atoms with E-state index in [4.69, 9.17) is 14.2 Å². The minimum absolute atomic E-state index is 0.0227. The highest BCUT2D eigenvalue weighted by atomic mass is 16.6. The molecule has 0 spiro atoms. The Hall–Kier alpha value is -2.77. The van der Waals surface area contributed by atoms with Crippen LogP contribution in [-0.4, -0.2) is 54.4 Å². The fourth-order valence-corrected chi connectivity index (χ4v) is 2.69. The van der Waals surface area contributed by atoms with E-state index in [-0.39, 0.29) is 19.2 Å². The highest BCUT2D eigenvalue weighted by molar-refractivity contribution is 5.76. The first-order valence-electron chi connectivity index (χ1n) is 9.99. The predicted octanol–water partition coefficient (Wildman–Crippen LogP) is 3.74. The summed E-state index contributed by atoms with van der Waals surface area (Å²) in [4.78, 5) is 38.6. The predicted molar refractivity (Wildman–Crippen MR) is 113 cm³/mol. The molecule has 0 aliphatic rings. The minimum Gasteiger partial charge on any atom is -0.469 e. The third-order valence-corrected chi connectivity index (χ3v) is 4.31. The lowest BCUT2D eigenvalue weighted by molar-refractivity contribution is -0.147. The van der Waals surface area contributed by atoms with Gasteiger partial charge < -0.3 is 24.4 Å². The Kier molecular flexibility index (Phi) is 9.62. The van der Waals surface area contributed by atoms with Crippen molar-refractivity contribution in [2.24, 2.45) is 5.92 Å². The third kappa shape index (κ3) is 8.71. The van der Waals surface area contributed by atoms with Gasteiger partial charge in [-0.25, -0.2) is 9.59 Å². The smallest absolute Gasteiger partial charge is 0.410 e. The molecular weight excluding hydrogens is 388 g/mol. The molecule has 2 atom stereocenters. The number of carbonyl (C=O) groups is 3. The summed E-state index contributed by atoms with van der Waals surface area (Å²) in [5.41, 5.74) is 0.189. The number of hydrogen-bond donors (Lipinski definition) is 1. The summed E-state index contributed by atoms with van der Waals surface area (Å²) in [6.07, 6.45) is -1.20. The van der Waals surface area contributed by atoms with E-state index in [9.17, 15) is 14.4 Å². The van der Waals surface area contributed by atoms with Crippen LogP contribution in [0.4, 0.5) is 9.59 Å². The van der Waals surface area contributed by atoms with Crippen LogP contribution in [0.5, 0.6) is 0 Å². The molecule has 2 amide bonds. The van der Waals surface area contributed by atoms with Gasteiger partial charge in [-0.1, -0.05) is 30.3 Å². The molecule has 1 N–H and O–H groups in total. The highest BCUT2D eigenvalue weighted by Crippen LogP contribution is 2.15. The first kappa shape index (κ1) is 25.3. The van der Waals surface area contributed by atoms with Crippen molar-refractivity contribution in [3.63, 3.8) is 0 Å². The quantitative estimate of drug-likeness (QED) is 0.507. The van der Waals surface area contributed by atoms with Crippen LogP contribution in [0.15, 0.2) is 30.3 Å². The van der Waals surface area contributed by atoms with Crippen molar-refractivity contribution in [3.05, 3.63) is 35.9 Å². The molecule has 30 heavy (non-hydrogen) atoms. The van der Waals surface area contributed by atoms with Gasteiger partial charge in [0, 0.05) is 18.6 Å². The SMILES string of the molecule is COC(=O)[C@H](CN(C(=O)OCc1ccccc1)C(C)C)[C@@H](C)NC(=O)OC(C)(C)C. The van der Waals surface area contributed by atoms with Crippen molar-refractivity contribution in [1.29, 1.82) is 0 Å². The maximum Gasteiger partial charge on any atom is 0.410 e. The molecule has 1 aromatic rings. The average molecular weight is 423 g/mol. The van der Waals surface area contributed by atoms with Gasteiger partial charge in [-0.3, -0.25) is 4.79 Å². The molecule has 0 aliphatic heterocycles. The maximum atomic E-state index is 12.7. The Bertz CT molecular complexity index is 699. The lowest BCUT2D eigenvalue weighted by atomic mass is 10.00. The minimum atomic E-state index is -0.797. The Balaban J connectivity index is 2.85. The van der Waals surface area contributed by atoms with Crippen molar-refractivity contribution >= 4 is 18.2 Å². The lowest BCUT2D eigenvalue weighted by Gasteiger charge is -2.32. The van der Waals surface area contributed by atoms with Crippen LogP contribution in [0.2, 0.25) is 0 Å². The van der Waals surface area contributed by atoms with E-state index in [0.717, 1.165) is 5.56 Å². The average Bonchev–Trinajstić information content (AvgIpc) is 2.65. The van der Waals surface area contributed by atoms with Crippen molar-refractivity contribution < 1.29 is 28.6 Å². The first-order chi connectivity index (χ1) is 13.9.